The average molecular weight is 203 g/mol. The molecule has 0 N–H and O–H groups in total. The second kappa shape index (κ2) is 5.61. The molecular weight excluding hydrogens is 184 g/mol. The molecule has 0 bridgehead atoms. The van der Waals surface area contributed by atoms with Crippen LogP contribution in [0.25, 0.3) is 0 Å². The minimum Gasteiger partial charge on any atom is -0.306 e. The molecule has 2 nitrogen and oxygen atoms in total. The van der Waals surface area contributed by atoms with E-state index in [1.165, 1.54) is 25.9 Å². The van der Waals surface area contributed by atoms with Crippen LogP contribution in [0.3, 0.4) is 0 Å². The highest BCUT2D eigenvalue weighted by molar-refractivity contribution is 6.28. The van der Waals surface area contributed by atoms with Gasteiger partial charge in [0.15, 0.2) is 0 Å². The number of aliphatic imine (C=N–C) groups is 1. The van der Waals surface area contributed by atoms with E-state index in [9.17, 15) is 0 Å². The smallest absolute Gasteiger partial charge is 0.0603 e. The third-order valence-electron chi connectivity index (χ3n) is 2.62. The van der Waals surface area contributed by atoms with Gasteiger partial charge in [-0.15, -0.1) is 11.6 Å². The first kappa shape index (κ1) is 11.0. The van der Waals surface area contributed by atoms with Crippen molar-refractivity contribution in [1.82, 2.24) is 4.90 Å². The predicted molar refractivity (Wildman–Crippen MR) is 59.0 cm³/mol. The number of hydrogen-bond acceptors (Lipinski definition) is 2. The lowest BCUT2D eigenvalue weighted by atomic mass is 10.1. The molecule has 0 aromatic heterocycles. The Labute approximate surface area is 86.0 Å². The lowest BCUT2D eigenvalue weighted by molar-refractivity contribution is 0.257. The third kappa shape index (κ3) is 3.65. The van der Waals surface area contributed by atoms with E-state index in [0.717, 1.165) is 12.1 Å². The second-order valence-corrected chi connectivity index (χ2v) is 3.98. The van der Waals surface area contributed by atoms with Crippen LogP contribution in [0.4, 0.5) is 0 Å². The van der Waals surface area contributed by atoms with Gasteiger partial charge in [-0.2, -0.15) is 0 Å². The Hall–Kier alpha value is -0.0800. The Morgan fingerprint density at radius 3 is 2.54 bits per heavy atom. The van der Waals surface area contributed by atoms with Crippen LogP contribution in [-0.2, 0) is 0 Å². The Morgan fingerprint density at radius 1 is 1.46 bits per heavy atom. The van der Waals surface area contributed by atoms with Crippen molar-refractivity contribution in [3.8, 4) is 0 Å². The summed E-state index contributed by atoms with van der Waals surface area (Å²) in [5, 5.41) is 0. The molecule has 1 rings (SSSR count). The summed E-state index contributed by atoms with van der Waals surface area (Å²) in [5.41, 5.74) is 1.16. The lowest BCUT2D eigenvalue weighted by Crippen LogP contribution is -2.32. The Morgan fingerprint density at radius 2 is 2.08 bits per heavy atom. The topological polar surface area (TPSA) is 15.6 Å². The van der Waals surface area contributed by atoms with Crippen molar-refractivity contribution in [2.24, 2.45) is 4.99 Å². The first-order valence-electron chi connectivity index (χ1n) is 5.06. The van der Waals surface area contributed by atoms with Crippen molar-refractivity contribution in [2.75, 3.05) is 26.0 Å². The van der Waals surface area contributed by atoms with Crippen molar-refractivity contribution in [3.05, 3.63) is 0 Å². The molecule has 1 aliphatic rings. The zero-order valence-corrected chi connectivity index (χ0v) is 9.35. The van der Waals surface area contributed by atoms with E-state index in [-0.39, 0.29) is 0 Å². The van der Waals surface area contributed by atoms with Gasteiger partial charge in [-0.25, -0.2) is 0 Å². The predicted octanol–water partition coefficient (Wildman–Crippen LogP) is 2.17. The van der Waals surface area contributed by atoms with Crippen molar-refractivity contribution < 1.29 is 0 Å². The maximum Gasteiger partial charge on any atom is 0.0603 e. The third-order valence-corrected chi connectivity index (χ3v) is 2.92. The van der Waals surface area contributed by atoms with Gasteiger partial charge in [0.2, 0.25) is 0 Å². The van der Waals surface area contributed by atoms with Crippen molar-refractivity contribution >= 4 is 17.3 Å². The molecule has 76 valence electrons. The van der Waals surface area contributed by atoms with Crippen LogP contribution in [-0.4, -0.2) is 42.7 Å². The van der Waals surface area contributed by atoms with Crippen LogP contribution in [0.1, 0.15) is 26.2 Å². The minimum atomic E-state index is 0.532. The second-order valence-electron chi connectivity index (χ2n) is 3.72. The average Bonchev–Trinajstić information content (AvgIpc) is 2.17. The molecule has 0 spiro atoms. The summed E-state index contributed by atoms with van der Waals surface area (Å²) in [5.74, 6) is 0.600. The van der Waals surface area contributed by atoms with Crippen molar-refractivity contribution in [1.29, 1.82) is 0 Å². The summed E-state index contributed by atoms with van der Waals surface area (Å²) in [4.78, 5) is 7.02. The highest BCUT2D eigenvalue weighted by atomic mass is 35.5. The summed E-state index contributed by atoms with van der Waals surface area (Å²) in [7, 11) is 2.17. The highest BCUT2D eigenvalue weighted by Crippen LogP contribution is 2.12. The number of halogens is 1. The molecule has 1 fully saturated rings. The molecule has 0 aromatic carbocycles. The van der Waals surface area contributed by atoms with Crippen LogP contribution in [0.5, 0.6) is 0 Å². The fourth-order valence-electron chi connectivity index (χ4n) is 1.60. The molecule has 3 heteroatoms. The number of alkyl halides is 1. The number of rotatable bonds is 3. The van der Waals surface area contributed by atoms with Gasteiger partial charge in [-0.05, 0) is 39.4 Å². The number of likely N-dealkylation sites (tertiary alicyclic amines) is 1. The van der Waals surface area contributed by atoms with Gasteiger partial charge < -0.3 is 4.90 Å². The molecule has 0 radical (unpaired) electrons. The maximum absolute atomic E-state index is 5.77. The van der Waals surface area contributed by atoms with E-state index in [2.05, 4.69) is 23.9 Å². The van der Waals surface area contributed by atoms with Gasteiger partial charge in [-0.1, -0.05) is 6.92 Å². The Bertz CT molecular complexity index is 166. The summed E-state index contributed by atoms with van der Waals surface area (Å²) in [6.45, 7) is 4.47. The molecular formula is C10H19ClN2. The zero-order valence-electron chi connectivity index (χ0n) is 8.59. The molecule has 1 heterocycles. The fraction of sp³-hybridized carbons (Fsp3) is 0.900. The lowest BCUT2D eigenvalue weighted by Gasteiger charge is -2.26. The van der Waals surface area contributed by atoms with E-state index in [1.807, 2.05) is 0 Å². The summed E-state index contributed by atoms with van der Waals surface area (Å²) in [6.07, 6.45) is 3.38. The SMILES string of the molecule is CCC(CCl)=NC1CCN(C)CC1. The Kier molecular flexibility index (Phi) is 4.74. The van der Waals surface area contributed by atoms with Crippen molar-refractivity contribution in [3.63, 3.8) is 0 Å². The fourth-order valence-corrected chi connectivity index (χ4v) is 1.86. The molecule has 0 unspecified atom stereocenters. The van der Waals surface area contributed by atoms with E-state index < -0.39 is 0 Å². The van der Waals surface area contributed by atoms with Crippen molar-refractivity contribution in [2.45, 2.75) is 32.2 Å². The Balaban J connectivity index is 2.40. The minimum absolute atomic E-state index is 0.532. The number of piperidine rings is 1. The standard InChI is InChI=1S/C10H19ClN2/c1-3-9(8-11)12-10-4-6-13(2)7-5-10/h10H,3-8H2,1-2H3. The van der Waals surface area contributed by atoms with Crippen LogP contribution < -0.4 is 0 Å². The molecule has 0 aromatic rings. The summed E-state index contributed by atoms with van der Waals surface area (Å²) < 4.78 is 0. The van der Waals surface area contributed by atoms with Gasteiger partial charge in [0.05, 0.1) is 11.9 Å². The molecule has 0 amide bonds. The normalized spacial score (nSPS) is 22.2. The van der Waals surface area contributed by atoms with Gasteiger partial charge in [0.1, 0.15) is 0 Å². The quantitative estimate of drug-likeness (QED) is 0.506. The van der Waals surface area contributed by atoms with E-state index in [4.69, 9.17) is 11.6 Å². The van der Waals surface area contributed by atoms with Crippen LogP contribution in [0, 0.1) is 0 Å². The zero-order chi connectivity index (χ0) is 9.68. The molecule has 0 aliphatic carbocycles. The summed E-state index contributed by atoms with van der Waals surface area (Å²) in [6, 6.07) is 0.532. The molecule has 13 heavy (non-hydrogen) atoms. The van der Waals surface area contributed by atoms with Crippen LogP contribution in [0.2, 0.25) is 0 Å². The van der Waals surface area contributed by atoms with Gasteiger partial charge in [-0.3, -0.25) is 4.99 Å². The highest BCUT2D eigenvalue weighted by Gasteiger charge is 2.15. The van der Waals surface area contributed by atoms with Crippen LogP contribution in [0.15, 0.2) is 4.99 Å². The first-order chi connectivity index (χ1) is 6.26. The van der Waals surface area contributed by atoms with E-state index >= 15 is 0 Å². The van der Waals surface area contributed by atoms with Crippen LogP contribution >= 0.6 is 11.6 Å². The monoisotopic (exact) mass is 202 g/mol. The number of nitrogens with zero attached hydrogens (tertiary/aromatic N) is 2. The maximum atomic E-state index is 5.77. The number of hydrogen-bond donors (Lipinski definition) is 0. The molecule has 1 aliphatic heterocycles. The van der Waals surface area contributed by atoms with Gasteiger partial charge >= 0.3 is 0 Å². The van der Waals surface area contributed by atoms with E-state index in [1.54, 1.807) is 0 Å². The molecule has 0 saturated carbocycles. The first-order valence-corrected chi connectivity index (χ1v) is 5.59. The largest absolute Gasteiger partial charge is 0.306 e. The van der Waals surface area contributed by atoms with E-state index in [0.29, 0.717) is 11.9 Å². The molecule has 0 atom stereocenters. The van der Waals surface area contributed by atoms with Gasteiger partial charge in [0.25, 0.3) is 0 Å². The molecule has 1 saturated heterocycles. The summed E-state index contributed by atoms with van der Waals surface area (Å²) >= 11 is 5.77. The van der Waals surface area contributed by atoms with Gasteiger partial charge in [0, 0.05) is 5.71 Å².